The van der Waals surface area contributed by atoms with E-state index >= 15 is 0 Å². The third-order valence-electron chi connectivity index (χ3n) is 5.63. The molecule has 3 aromatic carbocycles. The summed E-state index contributed by atoms with van der Waals surface area (Å²) in [6.45, 7) is 2.06. The van der Waals surface area contributed by atoms with Crippen LogP contribution in [0.5, 0.6) is 5.75 Å². The molecule has 5 rings (SSSR count). The Morgan fingerprint density at radius 3 is 2.44 bits per heavy atom. The molecular weight excluding hydrogens is 470 g/mol. The number of ether oxygens (including phenoxy) is 1. The number of rotatable bonds is 8. The molecule has 0 saturated carbocycles. The van der Waals surface area contributed by atoms with E-state index < -0.39 is 0 Å². The Morgan fingerprint density at radius 2 is 1.72 bits per heavy atom. The van der Waals surface area contributed by atoms with E-state index in [4.69, 9.17) is 19.8 Å². The number of nitrogens with one attached hydrogen (secondary N) is 1. The quantitative estimate of drug-likeness (QED) is 0.217. The number of aromatic nitrogens is 4. The Hall–Kier alpha value is -4.17. The van der Waals surface area contributed by atoms with Crippen molar-refractivity contribution in [1.29, 1.82) is 0 Å². The van der Waals surface area contributed by atoms with Crippen LogP contribution in [0.4, 0.5) is 5.69 Å². The number of anilines is 1. The Balaban J connectivity index is 1.53. The molecule has 0 aliphatic heterocycles. The van der Waals surface area contributed by atoms with E-state index in [9.17, 15) is 4.79 Å². The maximum Gasteiger partial charge on any atom is 0.234 e. The molecular formula is C28H25N5O2S. The van der Waals surface area contributed by atoms with Crippen molar-refractivity contribution in [2.24, 2.45) is 0 Å². The second-order valence-electron chi connectivity index (χ2n) is 8.03. The van der Waals surface area contributed by atoms with Gasteiger partial charge in [-0.15, -0.1) is 0 Å². The fourth-order valence-corrected chi connectivity index (χ4v) is 4.75. The van der Waals surface area contributed by atoms with Crippen LogP contribution in [0, 0.1) is 0 Å². The zero-order chi connectivity index (χ0) is 24.9. The first-order valence-electron chi connectivity index (χ1n) is 11.6. The summed E-state index contributed by atoms with van der Waals surface area (Å²) in [5.41, 5.74) is 4.13. The van der Waals surface area contributed by atoms with Gasteiger partial charge in [0, 0.05) is 17.3 Å². The number of methoxy groups -OCH3 is 1. The maximum absolute atomic E-state index is 12.8. The molecule has 0 fully saturated rings. The highest BCUT2D eigenvalue weighted by molar-refractivity contribution is 8.00. The minimum absolute atomic E-state index is 0.130. The molecule has 0 radical (unpaired) electrons. The van der Waals surface area contributed by atoms with Gasteiger partial charge in [0.25, 0.3) is 0 Å². The van der Waals surface area contributed by atoms with Gasteiger partial charge in [0.15, 0.2) is 11.5 Å². The lowest BCUT2D eigenvalue weighted by molar-refractivity contribution is -0.113. The number of amides is 1. The van der Waals surface area contributed by atoms with Gasteiger partial charge in [-0.2, -0.15) is 5.10 Å². The number of carbonyl (C=O) groups is 1. The lowest BCUT2D eigenvalue weighted by atomic mass is 10.2. The van der Waals surface area contributed by atoms with Crippen LogP contribution in [0.2, 0.25) is 0 Å². The van der Waals surface area contributed by atoms with Crippen LogP contribution in [0.25, 0.3) is 28.1 Å². The third-order valence-corrected chi connectivity index (χ3v) is 6.60. The minimum Gasteiger partial charge on any atom is -0.497 e. The molecule has 180 valence electrons. The van der Waals surface area contributed by atoms with Crippen molar-refractivity contribution in [3.63, 3.8) is 0 Å². The van der Waals surface area contributed by atoms with E-state index in [0.717, 1.165) is 33.0 Å². The molecule has 0 unspecified atom stereocenters. The number of benzene rings is 3. The Morgan fingerprint density at radius 1 is 0.972 bits per heavy atom. The largest absolute Gasteiger partial charge is 0.497 e. The molecule has 7 nitrogen and oxygen atoms in total. The first-order chi connectivity index (χ1) is 17.7. The Labute approximate surface area is 213 Å². The van der Waals surface area contributed by atoms with Gasteiger partial charge in [-0.3, -0.25) is 4.79 Å². The predicted octanol–water partition coefficient (Wildman–Crippen LogP) is 5.78. The zero-order valence-corrected chi connectivity index (χ0v) is 20.8. The van der Waals surface area contributed by atoms with Gasteiger partial charge >= 0.3 is 0 Å². The van der Waals surface area contributed by atoms with Crippen LogP contribution < -0.4 is 10.1 Å². The number of fused-ring (bicyclic) bond motifs is 1. The zero-order valence-electron chi connectivity index (χ0n) is 20.0. The van der Waals surface area contributed by atoms with Crippen molar-refractivity contribution in [2.45, 2.75) is 18.4 Å². The molecule has 36 heavy (non-hydrogen) atoms. The van der Waals surface area contributed by atoms with E-state index in [2.05, 4.69) is 12.2 Å². The van der Waals surface area contributed by atoms with Gasteiger partial charge in [0.1, 0.15) is 10.8 Å². The van der Waals surface area contributed by atoms with Gasteiger partial charge in [-0.25, -0.2) is 14.6 Å². The third kappa shape index (κ3) is 4.94. The van der Waals surface area contributed by atoms with Crippen molar-refractivity contribution in [1.82, 2.24) is 19.7 Å². The normalized spacial score (nSPS) is 10.9. The summed E-state index contributed by atoms with van der Waals surface area (Å²) >= 11 is 1.39. The molecule has 2 aromatic heterocycles. The molecule has 8 heteroatoms. The van der Waals surface area contributed by atoms with E-state index in [1.165, 1.54) is 11.8 Å². The summed E-state index contributed by atoms with van der Waals surface area (Å²) in [6, 6.07) is 27.1. The van der Waals surface area contributed by atoms with Crippen LogP contribution >= 0.6 is 11.8 Å². The highest BCUT2D eigenvalue weighted by atomic mass is 32.2. The molecule has 0 aliphatic rings. The van der Waals surface area contributed by atoms with E-state index in [1.54, 1.807) is 13.2 Å². The van der Waals surface area contributed by atoms with Crippen LogP contribution in [0.3, 0.4) is 0 Å². The second kappa shape index (κ2) is 10.6. The molecule has 2 heterocycles. The molecule has 1 amide bonds. The van der Waals surface area contributed by atoms with Crippen molar-refractivity contribution >= 4 is 34.4 Å². The lowest BCUT2D eigenvalue weighted by Gasteiger charge is -2.09. The van der Waals surface area contributed by atoms with Gasteiger partial charge in [-0.05, 0) is 30.7 Å². The summed E-state index contributed by atoms with van der Waals surface area (Å²) < 4.78 is 7.11. The van der Waals surface area contributed by atoms with E-state index in [0.29, 0.717) is 23.7 Å². The van der Waals surface area contributed by atoms with E-state index in [-0.39, 0.29) is 11.7 Å². The molecule has 0 aliphatic carbocycles. The van der Waals surface area contributed by atoms with Crippen LogP contribution in [0.1, 0.15) is 12.6 Å². The summed E-state index contributed by atoms with van der Waals surface area (Å²) in [6.07, 6.45) is 0.716. The monoisotopic (exact) mass is 495 g/mol. The number of carbonyl (C=O) groups excluding carboxylic acids is 1. The fraction of sp³-hybridized carbons (Fsp3) is 0.143. The smallest absolute Gasteiger partial charge is 0.234 e. The highest BCUT2D eigenvalue weighted by Gasteiger charge is 2.20. The first kappa shape index (κ1) is 23.6. The van der Waals surface area contributed by atoms with Gasteiger partial charge in [-0.1, -0.05) is 73.3 Å². The second-order valence-corrected chi connectivity index (χ2v) is 9.00. The van der Waals surface area contributed by atoms with Gasteiger partial charge in [0.05, 0.1) is 29.6 Å². The van der Waals surface area contributed by atoms with Crippen LogP contribution in [-0.4, -0.2) is 38.5 Å². The first-order valence-corrected chi connectivity index (χ1v) is 12.6. The number of para-hydroxylation sites is 1. The summed E-state index contributed by atoms with van der Waals surface area (Å²) in [5.74, 6) is 1.34. The average Bonchev–Trinajstić information content (AvgIpc) is 3.32. The number of thioether (sulfide) groups is 1. The summed E-state index contributed by atoms with van der Waals surface area (Å²) in [5, 5.41) is 9.42. The van der Waals surface area contributed by atoms with Crippen molar-refractivity contribution in [3.8, 4) is 22.8 Å². The molecule has 0 spiro atoms. The summed E-state index contributed by atoms with van der Waals surface area (Å²) in [4.78, 5) is 22.6. The minimum atomic E-state index is -0.130. The van der Waals surface area contributed by atoms with Crippen molar-refractivity contribution < 1.29 is 9.53 Å². The highest BCUT2D eigenvalue weighted by Crippen LogP contribution is 2.32. The Bertz CT molecular complexity index is 1500. The van der Waals surface area contributed by atoms with Crippen molar-refractivity contribution in [3.05, 3.63) is 90.6 Å². The topological polar surface area (TPSA) is 81.9 Å². The van der Waals surface area contributed by atoms with Crippen LogP contribution in [-0.2, 0) is 11.2 Å². The standard InChI is InChI=1S/C28H25N5O2S/c1-3-23-25-27(33(32-23)21-14-8-5-9-15-21)30-26(19-11-6-4-7-12-19)31-28(25)36-18-24(34)29-20-13-10-16-22(17-20)35-2/h4-17H,3,18H2,1-2H3,(H,29,34). The maximum atomic E-state index is 12.8. The molecule has 5 aromatic rings. The molecule has 0 atom stereocenters. The molecule has 0 bridgehead atoms. The average molecular weight is 496 g/mol. The van der Waals surface area contributed by atoms with Crippen molar-refractivity contribution in [2.75, 3.05) is 18.2 Å². The number of nitrogens with zero attached hydrogens (tertiary/aromatic N) is 4. The number of hydrogen-bond donors (Lipinski definition) is 1. The van der Waals surface area contributed by atoms with Crippen LogP contribution in [0.15, 0.2) is 90.0 Å². The number of hydrogen-bond acceptors (Lipinski definition) is 6. The van der Waals surface area contributed by atoms with Gasteiger partial charge < -0.3 is 10.1 Å². The lowest BCUT2D eigenvalue weighted by Crippen LogP contribution is -2.14. The fourth-order valence-electron chi connectivity index (χ4n) is 3.90. The predicted molar refractivity (Wildman–Crippen MR) is 144 cm³/mol. The number of aryl methyl sites for hydroxylation is 1. The SMILES string of the molecule is CCc1nn(-c2ccccc2)c2nc(-c3ccccc3)nc(SCC(=O)Nc3cccc(OC)c3)c12. The van der Waals surface area contributed by atoms with E-state index in [1.807, 2.05) is 83.5 Å². The van der Waals surface area contributed by atoms with Gasteiger partial charge in [0.2, 0.25) is 5.91 Å². The molecule has 1 N–H and O–H groups in total. The molecule has 0 saturated heterocycles. The summed E-state index contributed by atoms with van der Waals surface area (Å²) in [7, 11) is 1.60. The Kier molecular flexibility index (Phi) is 6.95.